The highest BCUT2D eigenvalue weighted by molar-refractivity contribution is 6.03. The van der Waals surface area contributed by atoms with E-state index in [1.165, 1.54) is 6.07 Å². The highest BCUT2D eigenvalue weighted by Crippen LogP contribution is 2.35. The first-order valence-electron chi connectivity index (χ1n) is 6.20. The van der Waals surface area contributed by atoms with Crippen LogP contribution in [0.2, 0.25) is 0 Å². The maximum Gasteiger partial charge on any atom is 0.416 e. The number of rotatable bonds is 3. The minimum Gasteiger partial charge on any atom is -0.372 e. The van der Waals surface area contributed by atoms with E-state index in [1.54, 1.807) is 0 Å². The summed E-state index contributed by atoms with van der Waals surface area (Å²) in [6.45, 7) is 2.02. The van der Waals surface area contributed by atoms with E-state index >= 15 is 0 Å². The summed E-state index contributed by atoms with van der Waals surface area (Å²) in [4.78, 5) is 11.8. The predicted molar refractivity (Wildman–Crippen MR) is 67.0 cm³/mol. The van der Waals surface area contributed by atoms with Crippen molar-refractivity contribution in [3.05, 3.63) is 23.8 Å². The summed E-state index contributed by atoms with van der Waals surface area (Å²) in [5, 5.41) is 5.51. The quantitative estimate of drug-likeness (QED) is 0.882. The Bertz CT molecular complexity index is 485. The number of amides is 1. The molecule has 1 aromatic carbocycles. The van der Waals surface area contributed by atoms with Crippen LogP contribution < -0.4 is 10.6 Å². The normalized spacial score (nSPS) is 18.5. The summed E-state index contributed by atoms with van der Waals surface area (Å²) in [7, 11) is 0. The number of nitrogens with one attached hydrogen (secondary N) is 2. The fourth-order valence-corrected chi connectivity index (χ4v) is 2.03. The average Bonchev–Trinajstić information content (AvgIpc) is 2.34. The second kappa shape index (κ2) is 5.11. The van der Waals surface area contributed by atoms with Crippen molar-refractivity contribution >= 4 is 17.3 Å². The largest absolute Gasteiger partial charge is 0.416 e. The highest BCUT2D eigenvalue weighted by atomic mass is 19.4. The number of benzene rings is 1. The lowest BCUT2D eigenvalue weighted by molar-refractivity contribution is -0.137. The molecule has 1 unspecified atom stereocenters. The Hall–Kier alpha value is -1.72. The molecule has 0 fully saturated rings. The van der Waals surface area contributed by atoms with Gasteiger partial charge in [-0.2, -0.15) is 13.2 Å². The van der Waals surface area contributed by atoms with E-state index in [-0.39, 0.29) is 17.6 Å². The summed E-state index contributed by atoms with van der Waals surface area (Å²) >= 11 is 0. The second-order valence-electron chi connectivity index (χ2n) is 4.59. The van der Waals surface area contributed by atoms with E-state index < -0.39 is 11.7 Å². The standard InChI is InChI=1S/C13H15F3N2O/c1-2-3-4-10-12(19)18-11-7-8(13(14,15)16)5-6-9(11)17-10/h5-7,10,17H,2-4H2,1H3,(H,18,19). The van der Waals surface area contributed by atoms with E-state index in [4.69, 9.17) is 0 Å². The molecule has 0 aliphatic carbocycles. The van der Waals surface area contributed by atoms with Crippen molar-refractivity contribution in [1.82, 2.24) is 0 Å². The Morgan fingerprint density at radius 1 is 1.26 bits per heavy atom. The molecule has 0 bridgehead atoms. The zero-order valence-electron chi connectivity index (χ0n) is 10.5. The molecule has 3 nitrogen and oxygen atoms in total. The van der Waals surface area contributed by atoms with Gasteiger partial charge in [-0.1, -0.05) is 19.8 Å². The van der Waals surface area contributed by atoms with Crippen LogP contribution in [0.5, 0.6) is 0 Å². The van der Waals surface area contributed by atoms with Gasteiger partial charge in [-0.05, 0) is 24.6 Å². The maximum atomic E-state index is 12.6. The van der Waals surface area contributed by atoms with Gasteiger partial charge in [0.2, 0.25) is 5.91 Å². The van der Waals surface area contributed by atoms with E-state index in [2.05, 4.69) is 10.6 Å². The molecule has 19 heavy (non-hydrogen) atoms. The van der Waals surface area contributed by atoms with Crippen LogP contribution in [0.15, 0.2) is 18.2 Å². The average molecular weight is 272 g/mol. The van der Waals surface area contributed by atoms with Crippen molar-refractivity contribution < 1.29 is 18.0 Å². The Kier molecular flexibility index (Phi) is 3.68. The van der Waals surface area contributed by atoms with Crippen LogP contribution in [0.4, 0.5) is 24.5 Å². The molecule has 1 aliphatic rings. The molecule has 6 heteroatoms. The summed E-state index contributed by atoms with van der Waals surface area (Å²) in [5.74, 6) is -0.278. The monoisotopic (exact) mass is 272 g/mol. The van der Waals surface area contributed by atoms with Crippen molar-refractivity contribution in [3.63, 3.8) is 0 Å². The van der Waals surface area contributed by atoms with Crippen LogP contribution in [-0.2, 0) is 11.0 Å². The number of hydrogen-bond acceptors (Lipinski definition) is 2. The molecule has 0 saturated carbocycles. The van der Waals surface area contributed by atoms with Gasteiger partial charge in [0.15, 0.2) is 0 Å². The molecule has 0 spiro atoms. The number of unbranched alkanes of at least 4 members (excludes halogenated alkanes) is 1. The number of fused-ring (bicyclic) bond motifs is 1. The maximum absolute atomic E-state index is 12.6. The topological polar surface area (TPSA) is 41.1 Å². The van der Waals surface area contributed by atoms with Gasteiger partial charge in [-0.15, -0.1) is 0 Å². The summed E-state index contributed by atoms with van der Waals surface area (Å²) in [5.41, 5.74) is -0.0402. The van der Waals surface area contributed by atoms with E-state index in [0.717, 1.165) is 25.0 Å². The molecule has 2 N–H and O–H groups in total. The third-order valence-electron chi connectivity index (χ3n) is 3.10. The Labute approximate surface area is 109 Å². The second-order valence-corrected chi connectivity index (χ2v) is 4.59. The van der Waals surface area contributed by atoms with Gasteiger partial charge < -0.3 is 10.6 Å². The fraction of sp³-hybridized carbons (Fsp3) is 0.462. The lowest BCUT2D eigenvalue weighted by atomic mass is 10.0. The van der Waals surface area contributed by atoms with Crippen molar-refractivity contribution in [2.45, 2.75) is 38.4 Å². The predicted octanol–water partition coefficient (Wildman–Crippen LogP) is 3.63. The molecule has 1 amide bonds. The highest BCUT2D eigenvalue weighted by Gasteiger charge is 2.33. The lowest BCUT2D eigenvalue weighted by Gasteiger charge is -2.27. The lowest BCUT2D eigenvalue weighted by Crippen LogP contribution is -2.38. The van der Waals surface area contributed by atoms with Gasteiger partial charge >= 0.3 is 6.18 Å². The number of anilines is 2. The summed E-state index contributed by atoms with van der Waals surface area (Å²) in [6.07, 6.45) is -1.88. The van der Waals surface area contributed by atoms with Gasteiger partial charge in [0, 0.05) is 0 Å². The minimum atomic E-state index is -4.40. The number of alkyl halides is 3. The molecule has 1 heterocycles. The first kappa shape index (κ1) is 13.7. The molecule has 0 aromatic heterocycles. The Morgan fingerprint density at radius 2 is 2.00 bits per heavy atom. The number of hydrogen-bond donors (Lipinski definition) is 2. The molecule has 0 saturated heterocycles. The van der Waals surface area contributed by atoms with Crippen LogP contribution in [-0.4, -0.2) is 11.9 Å². The van der Waals surface area contributed by atoms with Gasteiger partial charge in [0.25, 0.3) is 0 Å². The molecular weight excluding hydrogens is 257 g/mol. The molecule has 1 aliphatic heterocycles. The first-order chi connectivity index (χ1) is 8.91. The van der Waals surface area contributed by atoms with Crippen molar-refractivity contribution in [1.29, 1.82) is 0 Å². The molecule has 1 aromatic rings. The van der Waals surface area contributed by atoms with Crippen LogP contribution in [0.3, 0.4) is 0 Å². The zero-order valence-corrected chi connectivity index (χ0v) is 10.5. The molecule has 2 rings (SSSR count). The number of halogens is 3. The minimum absolute atomic E-state index is 0.188. The van der Waals surface area contributed by atoms with Gasteiger partial charge in [-0.3, -0.25) is 4.79 Å². The summed E-state index contributed by atoms with van der Waals surface area (Å²) < 4.78 is 37.7. The Balaban J connectivity index is 2.21. The summed E-state index contributed by atoms with van der Waals surface area (Å²) in [6, 6.07) is 2.96. The molecular formula is C13H15F3N2O. The molecule has 1 atom stereocenters. The van der Waals surface area contributed by atoms with E-state index in [0.29, 0.717) is 12.1 Å². The van der Waals surface area contributed by atoms with Gasteiger partial charge in [0.1, 0.15) is 6.04 Å². The molecule has 104 valence electrons. The Morgan fingerprint density at radius 3 is 2.63 bits per heavy atom. The number of carbonyl (C=O) groups is 1. The zero-order chi connectivity index (χ0) is 14.0. The fourth-order valence-electron chi connectivity index (χ4n) is 2.03. The molecule has 0 radical (unpaired) electrons. The van der Waals surface area contributed by atoms with Gasteiger partial charge in [0.05, 0.1) is 16.9 Å². The van der Waals surface area contributed by atoms with Crippen LogP contribution in [0, 0.1) is 0 Å². The van der Waals surface area contributed by atoms with Gasteiger partial charge in [-0.25, -0.2) is 0 Å². The van der Waals surface area contributed by atoms with E-state index in [9.17, 15) is 18.0 Å². The van der Waals surface area contributed by atoms with E-state index in [1.807, 2.05) is 6.92 Å². The SMILES string of the molecule is CCCCC1Nc2ccc(C(F)(F)F)cc2NC1=O. The third kappa shape index (κ3) is 3.00. The number of carbonyl (C=O) groups excluding carboxylic acids is 1. The van der Waals surface area contributed by atoms with Crippen molar-refractivity contribution in [2.24, 2.45) is 0 Å². The van der Waals surface area contributed by atoms with Crippen molar-refractivity contribution in [3.8, 4) is 0 Å². The van der Waals surface area contributed by atoms with Crippen LogP contribution in [0.1, 0.15) is 31.7 Å². The van der Waals surface area contributed by atoms with Crippen LogP contribution in [0.25, 0.3) is 0 Å². The third-order valence-corrected chi connectivity index (χ3v) is 3.10. The smallest absolute Gasteiger partial charge is 0.372 e. The van der Waals surface area contributed by atoms with Crippen LogP contribution >= 0.6 is 0 Å². The first-order valence-corrected chi connectivity index (χ1v) is 6.20. The van der Waals surface area contributed by atoms with Crippen molar-refractivity contribution in [2.75, 3.05) is 10.6 Å².